The normalized spacial score (nSPS) is 11.8. The zero-order chi connectivity index (χ0) is 8.97. The molecule has 0 saturated heterocycles. The molecule has 0 amide bonds. The number of alkyl halides is 1. The molecule has 0 spiro atoms. The van der Waals surface area contributed by atoms with Gasteiger partial charge in [0.15, 0.2) is 0 Å². The summed E-state index contributed by atoms with van der Waals surface area (Å²) in [4.78, 5) is 0. The van der Waals surface area contributed by atoms with E-state index in [-0.39, 0.29) is 0 Å². The second kappa shape index (κ2) is 4.83. The summed E-state index contributed by atoms with van der Waals surface area (Å²) in [6.07, 6.45) is 2.11. The predicted molar refractivity (Wildman–Crippen MR) is 61.9 cm³/mol. The summed E-state index contributed by atoms with van der Waals surface area (Å²) in [5.41, 5.74) is 2.53. The van der Waals surface area contributed by atoms with Crippen molar-refractivity contribution >= 4 is 37.9 Å². The van der Waals surface area contributed by atoms with Gasteiger partial charge in [0.25, 0.3) is 0 Å². The van der Waals surface area contributed by atoms with Crippen LogP contribution in [0, 0.1) is 6.92 Å². The fraction of sp³-hybridized carbons (Fsp3) is 0.200. The number of halogens is 2. The Morgan fingerprint density at radius 2 is 2.25 bits per heavy atom. The van der Waals surface area contributed by atoms with Crippen molar-refractivity contribution in [2.45, 2.75) is 6.92 Å². The minimum Gasteiger partial charge on any atom is -0.0870 e. The van der Waals surface area contributed by atoms with Crippen molar-refractivity contribution in [3.8, 4) is 0 Å². The van der Waals surface area contributed by atoms with Gasteiger partial charge in [0.05, 0.1) is 0 Å². The second-order valence-electron chi connectivity index (χ2n) is 2.64. The van der Waals surface area contributed by atoms with Crippen molar-refractivity contribution in [1.29, 1.82) is 0 Å². The molecule has 0 aromatic heterocycles. The van der Waals surface area contributed by atoms with E-state index in [9.17, 15) is 0 Å². The number of aryl methyl sites for hydroxylation is 1. The minimum atomic E-state index is 0.862. The lowest BCUT2D eigenvalue weighted by Crippen LogP contribution is -1.76. The van der Waals surface area contributed by atoms with Gasteiger partial charge in [0.1, 0.15) is 0 Å². The molecule has 12 heavy (non-hydrogen) atoms. The lowest BCUT2D eigenvalue weighted by atomic mass is 10.1. The van der Waals surface area contributed by atoms with Crippen LogP contribution in [0.4, 0.5) is 0 Å². The maximum absolute atomic E-state index is 3.45. The maximum atomic E-state index is 3.45. The molecule has 0 heterocycles. The highest BCUT2D eigenvalue weighted by molar-refractivity contribution is 9.13. The molecule has 0 aliphatic rings. The summed E-state index contributed by atoms with van der Waals surface area (Å²) < 4.78 is 1.16. The highest BCUT2D eigenvalue weighted by Crippen LogP contribution is 2.14. The van der Waals surface area contributed by atoms with E-state index in [0.29, 0.717) is 0 Å². The standard InChI is InChI=1S/C10H10Br2/c1-8-3-2-4-9(5-8)6-10(12)7-11/h2-6H,7H2,1H3/b10-6-. The summed E-state index contributed by atoms with van der Waals surface area (Å²) in [7, 11) is 0. The quantitative estimate of drug-likeness (QED) is 0.718. The third-order valence-electron chi connectivity index (χ3n) is 1.49. The van der Waals surface area contributed by atoms with E-state index in [1.807, 2.05) is 0 Å². The first-order chi connectivity index (χ1) is 5.72. The molecular formula is C10H10Br2. The Morgan fingerprint density at radius 3 is 2.83 bits per heavy atom. The van der Waals surface area contributed by atoms with E-state index in [1.165, 1.54) is 11.1 Å². The third kappa shape index (κ3) is 3.11. The highest BCUT2D eigenvalue weighted by Gasteiger charge is 1.90. The highest BCUT2D eigenvalue weighted by atomic mass is 79.9. The first-order valence-electron chi connectivity index (χ1n) is 3.71. The van der Waals surface area contributed by atoms with Gasteiger partial charge in [-0.05, 0) is 18.6 Å². The fourth-order valence-electron chi connectivity index (χ4n) is 0.979. The zero-order valence-electron chi connectivity index (χ0n) is 6.85. The van der Waals surface area contributed by atoms with Crippen molar-refractivity contribution in [2.75, 3.05) is 5.33 Å². The first-order valence-corrected chi connectivity index (χ1v) is 5.62. The number of hydrogen-bond acceptors (Lipinski definition) is 0. The molecule has 1 rings (SSSR count). The fourth-order valence-corrected chi connectivity index (χ4v) is 1.41. The molecule has 0 bridgehead atoms. The van der Waals surface area contributed by atoms with Gasteiger partial charge in [0.2, 0.25) is 0 Å². The lowest BCUT2D eigenvalue weighted by molar-refractivity contribution is 1.46. The monoisotopic (exact) mass is 288 g/mol. The molecule has 0 aliphatic carbocycles. The van der Waals surface area contributed by atoms with Crippen molar-refractivity contribution in [1.82, 2.24) is 0 Å². The van der Waals surface area contributed by atoms with Gasteiger partial charge >= 0.3 is 0 Å². The molecule has 1 aromatic carbocycles. The molecule has 2 heteroatoms. The van der Waals surface area contributed by atoms with Crippen molar-refractivity contribution in [2.24, 2.45) is 0 Å². The Morgan fingerprint density at radius 1 is 1.50 bits per heavy atom. The van der Waals surface area contributed by atoms with Gasteiger partial charge < -0.3 is 0 Å². The summed E-state index contributed by atoms with van der Waals surface area (Å²) in [6.45, 7) is 2.10. The van der Waals surface area contributed by atoms with Crippen LogP contribution in [-0.2, 0) is 0 Å². The summed E-state index contributed by atoms with van der Waals surface area (Å²) in [5, 5.41) is 0.862. The average Bonchev–Trinajstić information content (AvgIpc) is 2.04. The van der Waals surface area contributed by atoms with Crippen LogP contribution in [-0.4, -0.2) is 5.33 Å². The van der Waals surface area contributed by atoms with E-state index in [0.717, 1.165) is 9.81 Å². The van der Waals surface area contributed by atoms with Gasteiger partial charge in [-0.3, -0.25) is 0 Å². The summed E-state index contributed by atoms with van der Waals surface area (Å²) in [5.74, 6) is 0. The Hall–Kier alpha value is -0.0800. The van der Waals surface area contributed by atoms with Crippen LogP contribution in [0.2, 0.25) is 0 Å². The Bertz CT molecular complexity index is 290. The van der Waals surface area contributed by atoms with Crippen LogP contribution in [0.25, 0.3) is 6.08 Å². The largest absolute Gasteiger partial charge is 0.0870 e. The van der Waals surface area contributed by atoms with E-state index in [4.69, 9.17) is 0 Å². The van der Waals surface area contributed by atoms with E-state index in [1.54, 1.807) is 0 Å². The van der Waals surface area contributed by atoms with Crippen molar-refractivity contribution < 1.29 is 0 Å². The van der Waals surface area contributed by atoms with Gasteiger partial charge in [-0.25, -0.2) is 0 Å². The van der Waals surface area contributed by atoms with Gasteiger partial charge in [-0.2, -0.15) is 0 Å². The van der Waals surface area contributed by atoms with E-state index in [2.05, 4.69) is 69.1 Å². The van der Waals surface area contributed by atoms with Crippen LogP contribution in [0.3, 0.4) is 0 Å². The van der Waals surface area contributed by atoms with E-state index >= 15 is 0 Å². The van der Waals surface area contributed by atoms with Crippen LogP contribution in [0.15, 0.2) is 28.7 Å². The minimum absolute atomic E-state index is 0.862. The molecule has 0 atom stereocenters. The van der Waals surface area contributed by atoms with Gasteiger partial charge in [-0.1, -0.05) is 61.7 Å². The van der Waals surface area contributed by atoms with Crippen LogP contribution < -0.4 is 0 Å². The topological polar surface area (TPSA) is 0 Å². The average molecular weight is 290 g/mol. The maximum Gasteiger partial charge on any atom is 0.0349 e. The molecule has 64 valence electrons. The lowest BCUT2D eigenvalue weighted by Gasteiger charge is -1.96. The molecule has 0 fully saturated rings. The summed E-state index contributed by atoms with van der Waals surface area (Å²) >= 11 is 6.83. The second-order valence-corrected chi connectivity index (χ2v) is 4.22. The predicted octanol–water partition coefficient (Wildman–Crippen LogP) is 4.13. The van der Waals surface area contributed by atoms with Crippen LogP contribution in [0.1, 0.15) is 11.1 Å². The molecule has 0 aliphatic heterocycles. The molecule has 0 saturated carbocycles. The Balaban J connectivity index is 2.89. The van der Waals surface area contributed by atoms with Gasteiger partial charge in [0, 0.05) is 9.81 Å². The molecular weight excluding hydrogens is 280 g/mol. The third-order valence-corrected chi connectivity index (χ3v) is 3.36. The zero-order valence-corrected chi connectivity index (χ0v) is 10.0. The number of hydrogen-bond donors (Lipinski definition) is 0. The van der Waals surface area contributed by atoms with E-state index < -0.39 is 0 Å². The van der Waals surface area contributed by atoms with Crippen LogP contribution in [0.5, 0.6) is 0 Å². The molecule has 1 aromatic rings. The Kier molecular flexibility index (Phi) is 4.02. The van der Waals surface area contributed by atoms with Crippen molar-refractivity contribution in [3.05, 3.63) is 39.9 Å². The Labute approximate surface area is 89.9 Å². The summed E-state index contributed by atoms with van der Waals surface area (Å²) in [6, 6.07) is 8.41. The SMILES string of the molecule is Cc1cccc(/C=C(\Br)CBr)c1. The molecule has 0 N–H and O–H groups in total. The molecule has 0 nitrogen and oxygen atoms in total. The van der Waals surface area contributed by atoms with Crippen LogP contribution >= 0.6 is 31.9 Å². The smallest absolute Gasteiger partial charge is 0.0349 e. The molecule has 0 unspecified atom stereocenters. The van der Waals surface area contributed by atoms with Crippen molar-refractivity contribution in [3.63, 3.8) is 0 Å². The number of rotatable bonds is 2. The number of allylic oxidation sites excluding steroid dienone is 1. The first kappa shape index (κ1) is 10.0. The van der Waals surface area contributed by atoms with Gasteiger partial charge in [-0.15, -0.1) is 0 Å². The number of benzene rings is 1. The molecule has 0 radical (unpaired) electrons.